The number of H-pyrrole nitrogens is 1. The van der Waals surface area contributed by atoms with Crippen molar-refractivity contribution in [2.75, 3.05) is 27.4 Å². The minimum absolute atomic E-state index is 0.111. The third-order valence-electron chi connectivity index (χ3n) is 4.96. The summed E-state index contributed by atoms with van der Waals surface area (Å²) in [5.41, 5.74) is 1.40. The van der Waals surface area contributed by atoms with Gasteiger partial charge in [0, 0.05) is 31.5 Å². The van der Waals surface area contributed by atoms with Gasteiger partial charge in [0.1, 0.15) is 5.69 Å². The number of carbonyl (C=O) groups is 2. The largest absolute Gasteiger partial charge is 0.464 e. The van der Waals surface area contributed by atoms with E-state index in [1.165, 1.54) is 30.7 Å². The number of Topliss-reactive ketones (excluding diaryl/α,β-unsaturated/α-hetero) is 1. The zero-order chi connectivity index (χ0) is 22.5. The number of esters is 1. The Kier molecular flexibility index (Phi) is 7.94. The Labute approximate surface area is 177 Å². The number of carbonyl (C=O) groups excluding carboxylic acids is 2. The molecule has 0 aliphatic heterocycles. The van der Waals surface area contributed by atoms with Gasteiger partial charge in [-0.3, -0.25) is 4.79 Å². The molecule has 0 unspecified atom stereocenters. The molecule has 1 aromatic heterocycles. The summed E-state index contributed by atoms with van der Waals surface area (Å²) < 4.78 is 37.6. The number of hydrogen-bond acceptors (Lipinski definition) is 6. The number of nitrogens with one attached hydrogen (secondary N) is 1. The maximum absolute atomic E-state index is 13.4. The molecule has 0 saturated carbocycles. The molecule has 0 aliphatic carbocycles. The first-order chi connectivity index (χ1) is 14.2. The molecule has 30 heavy (non-hydrogen) atoms. The lowest BCUT2D eigenvalue weighted by molar-refractivity contribution is 0.0593. The van der Waals surface area contributed by atoms with Crippen molar-refractivity contribution < 1.29 is 27.5 Å². The van der Waals surface area contributed by atoms with E-state index in [2.05, 4.69) is 4.98 Å². The van der Waals surface area contributed by atoms with E-state index < -0.39 is 27.8 Å². The summed E-state index contributed by atoms with van der Waals surface area (Å²) in [5.74, 6) is -0.982. The van der Waals surface area contributed by atoms with Gasteiger partial charge in [0.15, 0.2) is 5.78 Å². The topological polar surface area (TPSA) is 106 Å². The van der Waals surface area contributed by atoms with Crippen LogP contribution in [0, 0.1) is 13.8 Å². The fraction of sp³-hybridized carbons (Fsp3) is 0.429. The number of aryl methyl sites for hydroxylation is 1. The first-order valence-corrected chi connectivity index (χ1v) is 11.0. The van der Waals surface area contributed by atoms with Gasteiger partial charge in [0.25, 0.3) is 0 Å². The minimum Gasteiger partial charge on any atom is -0.464 e. The van der Waals surface area contributed by atoms with Crippen LogP contribution in [0.1, 0.15) is 45.4 Å². The number of ether oxygens (including phenoxy) is 2. The Hall–Kier alpha value is -2.49. The van der Waals surface area contributed by atoms with E-state index in [9.17, 15) is 18.0 Å². The highest BCUT2D eigenvalue weighted by Gasteiger charge is 2.35. The summed E-state index contributed by atoms with van der Waals surface area (Å²) in [6, 6.07) is 7.01. The van der Waals surface area contributed by atoms with Crippen molar-refractivity contribution in [1.29, 1.82) is 0 Å². The fourth-order valence-corrected chi connectivity index (χ4v) is 5.03. The summed E-state index contributed by atoms with van der Waals surface area (Å²) in [5, 5.41) is 0. The van der Waals surface area contributed by atoms with Crippen molar-refractivity contribution in [2.24, 2.45) is 0 Å². The highest BCUT2D eigenvalue weighted by Crippen LogP contribution is 2.25. The first kappa shape index (κ1) is 23.8. The molecule has 2 aromatic rings. The number of rotatable bonds is 10. The quantitative estimate of drug-likeness (QED) is 0.349. The van der Waals surface area contributed by atoms with Crippen molar-refractivity contribution >= 4 is 21.8 Å². The number of aromatic nitrogens is 1. The summed E-state index contributed by atoms with van der Waals surface area (Å²) in [6.45, 7) is 5.33. The average Bonchev–Trinajstić information content (AvgIpc) is 3.04. The number of aromatic amines is 1. The second-order valence-corrected chi connectivity index (χ2v) is 8.82. The molecule has 1 N–H and O–H groups in total. The Morgan fingerprint density at radius 2 is 1.77 bits per heavy atom. The van der Waals surface area contributed by atoms with Crippen LogP contribution >= 0.6 is 0 Å². The predicted molar refractivity (Wildman–Crippen MR) is 112 cm³/mol. The van der Waals surface area contributed by atoms with E-state index >= 15 is 0 Å². The lowest BCUT2D eigenvalue weighted by atomic mass is 10.0. The molecular formula is C21H28N2O6S. The monoisotopic (exact) mass is 436 g/mol. The standard InChI is InChI=1S/C21H28N2O6S/c1-14-18(15(2)22-19(14)21(25)29-5)20(24)16(3)23(12-9-13-28-4)30(26,27)17-10-7-6-8-11-17/h6-8,10-11,16,22H,9,12-13H2,1-5H3/t16-/m1/s1. The van der Waals surface area contributed by atoms with Crippen molar-refractivity contribution in [3.63, 3.8) is 0 Å². The summed E-state index contributed by atoms with van der Waals surface area (Å²) >= 11 is 0. The molecule has 0 aliphatic rings. The van der Waals surface area contributed by atoms with Gasteiger partial charge < -0.3 is 14.5 Å². The third kappa shape index (κ3) is 4.80. The molecule has 8 nitrogen and oxygen atoms in total. The normalized spacial score (nSPS) is 12.7. The molecule has 0 spiro atoms. The van der Waals surface area contributed by atoms with Crippen LogP contribution in [-0.2, 0) is 19.5 Å². The Bertz CT molecular complexity index is 998. The maximum atomic E-state index is 13.4. The zero-order valence-corrected chi connectivity index (χ0v) is 18.7. The molecule has 2 rings (SSSR count). The first-order valence-electron chi connectivity index (χ1n) is 9.54. The molecule has 1 heterocycles. The maximum Gasteiger partial charge on any atom is 0.354 e. The molecule has 0 fully saturated rings. The molecule has 9 heteroatoms. The van der Waals surface area contributed by atoms with Crippen molar-refractivity contribution in [3.8, 4) is 0 Å². The number of hydrogen-bond donors (Lipinski definition) is 1. The van der Waals surface area contributed by atoms with Crippen molar-refractivity contribution in [3.05, 3.63) is 52.8 Å². The van der Waals surface area contributed by atoms with Crippen LogP contribution in [0.15, 0.2) is 35.2 Å². The SMILES string of the molecule is COCCCN([C@H](C)C(=O)c1c(C)[nH]c(C(=O)OC)c1C)S(=O)(=O)c1ccccc1. The summed E-state index contributed by atoms with van der Waals surface area (Å²) in [6.07, 6.45) is 0.429. The van der Waals surface area contributed by atoms with Gasteiger partial charge in [-0.1, -0.05) is 18.2 Å². The number of methoxy groups -OCH3 is 2. The van der Waals surface area contributed by atoms with Gasteiger partial charge in [-0.2, -0.15) is 4.31 Å². The molecule has 164 valence electrons. The zero-order valence-electron chi connectivity index (χ0n) is 17.9. The van der Waals surface area contributed by atoms with Gasteiger partial charge in [0.2, 0.25) is 10.0 Å². The van der Waals surface area contributed by atoms with Crippen LogP contribution < -0.4 is 0 Å². The highest BCUT2D eigenvalue weighted by atomic mass is 32.2. The number of ketones is 1. The van der Waals surface area contributed by atoms with E-state index in [1.54, 1.807) is 39.0 Å². The van der Waals surface area contributed by atoms with Crippen LogP contribution in [0.3, 0.4) is 0 Å². The predicted octanol–water partition coefficient (Wildman–Crippen LogP) is 2.72. The Balaban J connectivity index is 2.46. The average molecular weight is 437 g/mol. The summed E-state index contributed by atoms with van der Waals surface area (Å²) in [4.78, 5) is 28.3. The fourth-order valence-electron chi connectivity index (χ4n) is 3.38. The van der Waals surface area contributed by atoms with Crippen LogP contribution in [0.25, 0.3) is 0 Å². The van der Waals surface area contributed by atoms with Crippen molar-refractivity contribution in [1.82, 2.24) is 9.29 Å². The Morgan fingerprint density at radius 3 is 2.33 bits per heavy atom. The van der Waals surface area contributed by atoms with Gasteiger partial charge in [-0.15, -0.1) is 0 Å². The van der Waals surface area contributed by atoms with E-state index in [1.807, 2.05) is 0 Å². The molecule has 0 radical (unpaired) electrons. The second kappa shape index (κ2) is 10.0. The summed E-state index contributed by atoms with van der Waals surface area (Å²) in [7, 11) is -1.13. The molecule has 1 atom stereocenters. The van der Waals surface area contributed by atoms with Crippen LogP contribution in [0.5, 0.6) is 0 Å². The molecular weight excluding hydrogens is 408 g/mol. The van der Waals surface area contributed by atoms with E-state index in [-0.39, 0.29) is 17.1 Å². The smallest absolute Gasteiger partial charge is 0.354 e. The van der Waals surface area contributed by atoms with Gasteiger partial charge in [-0.25, -0.2) is 13.2 Å². The van der Waals surface area contributed by atoms with E-state index in [4.69, 9.17) is 9.47 Å². The van der Waals surface area contributed by atoms with Crippen LogP contribution in [-0.4, -0.2) is 62.9 Å². The lowest BCUT2D eigenvalue weighted by Crippen LogP contribution is -2.44. The van der Waals surface area contributed by atoms with E-state index in [0.29, 0.717) is 29.8 Å². The van der Waals surface area contributed by atoms with Crippen LogP contribution in [0.4, 0.5) is 0 Å². The second-order valence-electron chi connectivity index (χ2n) is 6.93. The third-order valence-corrected chi connectivity index (χ3v) is 6.95. The lowest BCUT2D eigenvalue weighted by Gasteiger charge is -2.27. The molecule has 1 aromatic carbocycles. The molecule has 0 saturated heterocycles. The Morgan fingerprint density at radius 1 is 1.13 bits per heavy atom. The van der Waals surface area contributed by atoms with E-state index in [0.717, 1.165) is 0 Å². The van der Waals surface area contributed by atoms with Gasteiger partial charge >= 0.3 is 5.97 Å². The molecule has 0 bridgehead atoms. The number of nitrogens with zero attached hydrogens (tertiary/aromatic N) is 1. The van der Waals surface area contributed by atoms with Crippen LogP contribution in [0.2, 0.25) is 0 Å². The van der Waals surface area contributed by atoms with Gasteiger partial charge in [-0.05, 0) is 44.9 Å². The van der Waals surface area contributed by atoms with Crippen molar-refractivity contribution in [2.45, 2.75) is 38.1 Å². The van der Waals surface area contributed by atoms with Gasteiger partial charge in [0.05, 0.1) is 18.0 Å². The number of benzene rings is 1. The minimum atomic E-state index is -3.92. The molecule has 0 amide bonds. The highest BCUT2D eigenvalue weighted by molar-refractivity contribution is 7.89. The number of sulfonamides is 1.